The molecule has 2 aromatic carbocycles. The van der Waals surface area contributed by atoms with Crippen LogP contribution in [0.15, 0.2) is 67.0 Å². The first-order valence-electron chi connectivity index (χ1n) is 14.5. The van der Waals surface area contributed by atoms with Gasteiger partial charge in [-0.25, -0.2) is 9.78 Å². The Morgan fingerprint density at radius 1 is 0.950 bits per heavy atom. The molecule has 0 spiro atoms. The Hall–Kier alpha value is -4.14. The van der Waals surface area contributed by atoms with Gasteiger partial charge in [0.2, 0.25) is 5.95 Å². The number of unbranched alkanes of at least 4 members (excludes halogenated alkanes) is 1. The van der Waals surface area contributed by atoms with Crippen molar-refractivity contribution in [2.45, 2.75) is 46.1 Å². The molecule has 0 radical (unpaired) electrons. The summed E-state index contributed by atoms with van der Waals surface area (Å²) in [6, 6.07) is 19.9. The number of hydrogen-bond donors (Lipinski definition) is 2. The van der Waals surface area contributed by atoms with Gasteiger partial charge in [0.05, 0.1) is 12.9 Å². The summed E-state index contributed by atoms with van der Waals surface area (Å²) >= 11 is 0. The van der Waals surface area contributed by atoms with Crippen molar-refractivity contribution >= 4 is 34.6 Å². The van der Waals surface area contributed by atoms with E-state index in [1.54, 1.807) is 0 Å². The third kappa shape index (κ3) is 6.70. The SMILES string of the molecule is CCCCC(CC)CNc1nc(N2CCN(C(=O)Nc3ccccc3)CC2)nc2c1ncn2Cc1ccccc1. The smallest absolute Gasteiger partial charge is 0.321 e. The van der Waals surface area contributed by atoms with Gasteiger partial charge in [-0.15, -0.1) is 0 Å². The Labute approximate surface area is 236 Å². The molecular formula is C31H40N8O. The van der Waals surface area contributed by atoms with Crippen LogP contribution in [-0.4, -0.2) is 63.2 Å². The molecule has 1 fully saturated rings. The van der Waals surface area contributed by atoms with Gasteiger partial charge in [0, 0.05) is 38.4 Å². The van der Waals surface area contributed by atoms with Crippen LogP contribution >= 0.6 is 0 Å². The lowest BCUT2D eigenvalue weighted by atomic mass is 9.99. The number of benzene rings is 2. The number of urea groups is 1. The molecule has 2 aromatic heterocycles. The molecule has 3 heterocycles. The van der Waals surface area contributed by atoms with Gasteiger partial charge in [-0.2, -0.15) is 9.97 Å². The van der Waals surface area contributed by atoms with E-state index in [9.17, 15) is 4.79 Å². The molecule has 4 aromatic rings. The summed E-state index contributed by atoms with van der Waals surface area (Å²) in [5.41, 5.74) is 3.61. The van der Waals surface area contributed by atoms with Crippen LogP contribution in [0.1, 0.15) is 45.1 Å². The number of aromatic nitrogens is 4. The van der Waals surface area contributed by atoms with Crippen molar-refractivity contribution in [3.05, 3.63) is 72.6 Å². The van der Waals surface area contributed by atoms with Crippen LogP contribution in [0.3, 0.4) is 0 Å². The molecule has 1 saturated heterocycles. The van der Waals surface area contributed by atoms with E-state index in [1.165, 1.54) is 24.8 Å². The van der Waals surface area contributed by atoms with Gasteiger partial charge in [0.15, 0.2) is 17.0 Å². The third-order valence-corrected chi connectivity index (χ3v) is 7.62. The van der Waals surface area contributed by atoms with E-state index in [-0.39, 0.29) is 6.03 Å². The molecule has 9 nitrogen and oxygen atoms in total. The summed E-state index contributed by atoms with van der Waals surface area (Å²) < 4.78 is 2.10. The number of piperazine rings is 1. The van der Waals surface area contributed by atoms with Gasteiger partial charge in [0.1, 0.15) is 0 Å². The molecule has 40 heavy (non-hydrogen) atoms. The van der Waals surface area contributed by atoms with Crippen molar-refractivity contribution in [2.75, 3.05) is 48.3 Å². The van der Waals surface area contributed by atoms with E-state index in [4.69, 9.17) is 15.0 Å². The number of anilines is 3. The van der Waals surface area contributed by atoms with Crippen LogP contribution in [0.4, 0.5) is 22.2 Å². The number of nitrogens with one attached hydrogen (secondary N) is 2. The van der Waals surface area contributed by atoms with E-state index >= 15 is 0 Å². The molecule has 0 aliphatic carbocycles. The van der Waals surface area contributed by atoms with Crippen LogP contribution in [0, 0.1) is 5.92 Å². The fraction of sp³-hybridized carbons (Fsp3) is 0.419. The molecule has 210 valence electrons. The Kier molecular flexibility index (Phi) is 9.11. The Morgan fingerprint density at radius 2 is 1.68 bits per heavy atom. The van der Waals surface area contributed by atoms with E-state index in [1.807, 2.05) is 47.6 Å². The summed E-state index contributed by atoms with van der Waals surface area (Å²) in [6.45, 7) is 8.57. The van der Waals surface area contributed by atoms with Crippen molar-refractivity contribution in [1.29, 1.82) is 0 Å². The predicted molar refractivity (Wildman–Crippen MR) is 162 cm³/mol. The quantitative estimate of drug-likeness (QED) is 0.248. The van der Waals surface area contributed by atoms with Gasteiger partial charge >= 0.3 is 6.03 Å². The summed E-state index contributed by atoms with van der Waals surface area (Å²) in [6.07, 6.45) is 6.64. The molecule has 2 amide bonds. The highest BCUT2D eigenvalue weighted by atomic mass is 16.2. The summed E-state index contributed by atoms with van der Waals surface area (Å²) in [5, 5.41) is 6.62. The lowest BCUT2D eigenvalue weighted by molar-refractivity contribution is 0.208. The number of hydrogen-bond acceptors (Lipinski definition) is 6. The number of nitrogens with zero attached hydrogens (tertiary/aromatic N) is 6. The molecule has 9 heteroatoms. The molecule has 1 atom stereocenters. The maximum Gasteiger partial charge on any atom is 0.321 e. The molecule has 1 aliphatic heterocycles. The van der Waals surface area contributed by atoms with Crippen LogP contribution in [0.25, 0.3) is 11.2 Å². The lowest BCUT2D eigenvalue weighted by Gasteiger charge is -2.34. The number of fused-ring (bicyclic) bond motifs is 1. The summed E-state index contributed by atoms with van der Waals surface area (Å²) in [7, 11) is 0. The molecule has 2 N–H and O–H groups in total. The standard InChI is InChI=1S/C31H40N8O/c1-3-5-12-24(4-2)21-32-28-27-29(39(23-33-27)22-25-13-8-6-9-14-25)36-30(35-28)37-17-19-38(20-18-37)31(40)34-26-15-10-7-11-16-26/h6-11,13-16,23-24H,3-5,12,17-22H2,1-2H3,(H,34,40)(H,32,35,36). The predicted octanol–water partition coefficient (Wildman–Crippen LogP) is 5.86. The maximum absolute atomic E-state index is 12.8. The molecule has 1 unspecified atom stereocenters. The minimum absolute atomic E-state index is 0.0804. The number of carbonyl (C=O) groups excluding carboxylic acids is 1. The Morgan fingerprint density at radius 3 is 2.38 bits per heavy atom. The van der Waals surface area contributed by atoms with Crippen molar-refractivity contribution in [2.24, 2.45) is 5.92 Å². The van der Waals surface area contributed by atoms with Gasteiger partial charge in [0.25, 0.3) is 0 Å². The average molecular weight is 541 g/mol. The zero-order valence-electron chi connectivity index (χ0n) is 23.6. The number of amides is 2. The second-order valence-electron chi connectivity index (χ2n) is 10.5. The van der Waals surface area contributed by atoms with Gasteiger partial charge in [-0.05, 0) is 30.0 Å². The monoisotopic (exact) mass is 540 g/mol. The number of para-hydroxylation sites is 1. The molecular weight excluding hydrogens is 500 g/mol. The van der Waals surface area contributed by atoms with Crippen molar-refractivity contribution < 1.29 is 4.79 Å². The summed E-state index contributed by atoms with van der Waals surface area (Å²) in [5.74, 6) is 2.05. The topological polar surface area (TPSA) is 91.2 Å². The van der Waals surface area contributed by atoms with E-state index in [0.29, 0.717) is 44.6 Å². The highest BCUT2D eigenvalue weighted by Gasteiger charge is 2.25. The normalized spacial score (nSPS) is 14.3. The minimum atomic E-state index is -0.0804. The van der Waals surface area contributed by atoms with Gasteiger partial charge in [-0.3, -0.25) is 0 Å². The highest BCUT2D eigenvalue weighted by molar-refractivity contribution is 5.89. The zero-order chi connectivity index (χ0) is 27.7. The molecule has 1 aliphatic rings. The first kappa shape index (κ1) is 27.4. The number of carbonyl (C=O) groups is 1. The first-order chi connectivity index (χ1) is 19.6. The lowest BCUT2D eigenvalue weighted by Crippen LogP contribution is -2.50. The van der Waals surface area contributed by atoms with Gasteiger partial charge < -0.3 is 25.0 Å². The average Bonchev–Trinajstić information content (AvgIpc) is 3.40. The van der Waals surface area contributed by atoms with Crippen LogP contribution in [-0.2, 0) is 6.54 Å². The Bertz CT molecular complexity index is 1370. The fourth-order valence-electron chi connectivity index (χ4n) is 5.11. The van der Waals surface area contributed by atoms with Crippen LogP contribution in [0.2, 0.25) is 0 Å². The van der Waals surface area contributed by atoms with E-state index < -0.39 is 0 Å². The molecule has 0 bridgehead atoms. The largest absolute Gasteiger partial charge is 0.368 e. The van der Waals surface area contributed by atoms with Crippen molar-refractivity contribution in [3.63, 3.8) is 0 Å². The first-order valence-corrected chi connectivity index (χ1v) is 14.5. The van der Waals surface area contributed by atoms with E-state index in [0.717, 1.165) is 35.6 Å². The third-order valence-electron chi connectivity index (χ3n) is 7.62. The summed E-state index contributed by atoms with van der Waals surface area (Å²) in [4.78, 5) is 31.6. The number of rotatable bonds is 11. The van der Waals surface area contributed by atoms with Crippen molar-refractivity contribution in [3.8, 4) is 0 Å². The highest BCUT2D eigenvalue weighted by Crippen LogP contribution is 2.25. The second-order valence-corrected chi connectivity index (χ2v) is 10.5. The van der Waals surface area contributed by atoms with Crippen LogP contribution in [0.5, 0.6) is 0 Å². The van der Waals surface area contributed by atoms with Gasteiger partial charge in [-0.1, -0.05) is 81.6 Å². The molecule has 5 rings (SSSR count). The molecule has 0 saturated carbocycles. The van der Waals surface area contributed by atoms with Crippen LogP contribution < -0.4 is 15.5 Å². The fourth-order valence-corrected chi connectivity index (χ4v) is 5.11. The minimum Gasteiger partial charge on any atom is -0.368 e. The second kappa shape index (κ2) is 13.3. The Balaban J connectivity index is 1.35. The van der Waals surface area contributed by atoms with Crippen molar-refractivity contribution in [1.82, 2.24) is 24.4 Å². The zero-order valence-corrected chi connectivity index (χ0v) is 23.6. The maximum atomic E-state index is 12.8. The number of imidazole rings is 1. The van der Waals surface area contributed by atoms with E-state index in [2.05, 4.69) is 58.2 Å².